The van der Waals surface area contributed by atoms with Crippen molar-refractivity contribution in [2.75, 3.05) is 7.11 Å². The molecule has 16 heavy (non-hydrogen) atoms. The Morgan fingerprint density at radius 1 is 1.31 bits per heavy atom. The van der Waals surface area contributed by atoms with Gasteiger partial charge in [-0.3, -0.25) is 4.18 Å². The second-order valence-corrected chi connectivity index (χ2v) is 5.44. The Morgan fingerprint density at radius 2 is 2.00 bits per heavy atom. The molecule has 0 radical (unpaired) electrons. The van der Waals surface area contributed by atoms with Gasteiger partial charge in [0.2, 0.25) is 0 Å². The molecular formula is C12H18O3S. The highest BCUT2D eigenvalue weighted by Crippen LogP contribution is 2.23. The Kier molecular flexibility index (Phi) is 4.50. The third-order valence-corrected chi connectivity index (χ3v) is 4.09. The van der Waals surface area contributed by atoms with E-state index in [0.717, 1.165) is 30.4 Å². The molecule has 0 bridgehead atoms. The van der Waals surface area contributed by atoms with Gasteiger partial charge in [0.15, 0.2) is 0 Å². The van der Waals surface area contributed by atoms with Crippen molar-refractivity contribution in [2.45, 2.75) is 38.0 Å². The predicted molar refractivity (Wildman–Crippen MR) is 64.0 cm³/mol. The van der Waals surface area contributed by atoms with E-state index in [1.54, 1.807) is 13.0 Å². The quantitative estimate of drug-likeness (QED) is 0.746. The molecule has 0 heterocycles. The van der Waals surface area contributed by atoms with Gasteiger partial charge in [0.05, 0.1) is 7.11 Å². The van der Waals surface area contributed by atoms with Crippen LogP contribution in [0.1, 0.15) is 30.9 Å². The topological polar surface area (TPSA) is 43.4 Å². The zero-order valence-electron chi connectivity index (χ0n) is 9.99. The van der Waals surface area contributed by atoms with Crippen LogP contribution >= 0.6 is 0 Å². The van der Waals surface area contributed by atoms with Gasteiger partial charge in [-0.15, -0.1) is 0 Å². The zero-order valence-corrected chi connectivity index (χ0v) is 10.8. The number of rotatable bonds is 5. The Labute approximate surface area is 97.6 Å². The fraction of sp³-hybridized carbons (Fsp3) is 0.500. The average Bonchev–Trinajstić information content (AvgIpc) is 2.26. The van der Waals surface area contributed by atoms with Crippen LogP contribution in [-0.2, 0) is 20.7 Å². The number of unbranched alkanes of at least 4 members (excludes halogenated alkanes) is 1. The van der Waals surface area contributed by atoms with Gasteiger partial charge in [0.1, 0.15) is 4.90 Å². The molecule has 0 saturated heterocycles. The molecule has 0 fully saturated rings. The normalized spacial score (nSPS) is 11.7. The van der Waals surface area contributed by atoms with Crippen LogP contribution < -0.4 is 0 Å². The molecule has 1 aromatic carbocycles. The molecule has 0 saturated carbocycles. The van der Waals surface area contributed by atoms with Crippen LogP contribution in [-0.4, -0.2) is 15.5 Å². The van der Waals surface area contributed by atoms with E-state index in [-0.39, 0.29) is 0 Å². The molecule has 0 amide bonds. The third-order valence-electron chi connectivity index (χ3n) is 2.56. The van der Waals surface area contributed by atoms with E-state index in [1.807, 2.05) is 12.1 Å². The van der Waals surface area contributed by atoms with E-state index >= 15 is 0 Å². The Morgan fingerprint density at radius 3 is 2.56 bits per heavy atom. The van der Waals surface area contributed by atoms with Crippen molar-refractivity contribution in [1.29, 1.82) is 0 Å². The molecule has 0 aromatic heterocycles. The lowest BCUT2D eigenvalue weighted by molar-refractivity contribution is 0.396. The lowest BCUT2D eigenvalue weighted by Crippen LogP contribution is -2.08. The van der Waals surface area contributed by atoms with Crippen molar-refractivity contribution in [3.05, 3.63) is 29.3 Å². The molecule has 0 aliphatic carbocycles. The highest BCUT2D eigenvalue weighted by Gasteiger charge is 2.19. The van der Waals surface area contributed by atoms with Crippen LogP contribution in [0.5, 0.6) is 0 Å². The number of hydrogen-bond acceptors (Lipinski definition) is 3. The van der Waals surface area contributed by atoms with Crippen LogP contribution in [0.4, 0.5) is 0 Å². The average molecular weight is 242 g/mol. The molecular weight excluding hydrogens is 224 g/mol. The van der Waals surface area contributed by atoms with Crippen LogP contribution in [0.3, 0.4) is 0 Å². The standard InChI is InChI=1S/C12H18O3S/c1-4-5-8-11-9-6-7-10(2)12(11)16(13,14)15-3/h6-7,9H,4-5,8H2,1-3H3. The minimum absolute atomic E-state index is 0.339. The molecule has 0 N–H and O–H groups in total. The first kappa shape index (κ1) is 13.2. The molecule has 4 heteroatoms. The van der Waals surface area contributed by atoms with Gasteiger partial charge in [0, 0.05) is 0 Å². The van der Waals surface area contributed by atoms with Gasteiger partial charge in [-0.1, -0.05) is 31.5 Å². The first-order chi connectivity index (χ1) is 7.53. The minimum Gasteiger partial charge on any atom is -0.270 e. The van der Waals surface area contributed by atoms with Crippen molar-refractivity contribution in [3.8, 4) is 0 Å². The minimum atomic E-state index is -3.59. The van der Waals surface area contributed by atoms with Crippen LogP contribution in [0.2, 0.25) is 0 Å². The fourth-order valence-electron chi connectivity index (χ4n) is 1.72. The molecule has 0 aliphatic heterocycles. The van der Waals surface area contributed by atoms with Crippen molar-refractivity contribution in [3.63, 3.8) is 0 Å². The monoisotopic (exact) mass is 242 g/mol. The summed E-state index contributed by atoms with van der Waals surface area (Å²) >= 11 is 0. The summed E-state index contributed by atoms with van der Waals surface area (Å²) in [5.74, 6) is 0. The maximum Gasteiger partial charge on any atom is 0.297 e. The third kappa shape index (κ3) is 2.83. The van der Waals surface area contributed by atoms with Crippen molar-refractivity contribution < 1.29 is 12.6 Å². The Hall–Kier alpha value is -0.870. The smallest absolute Gasteiger partial charge is 0.270 e. The Balaban J connectivity index is 3.24. The first-order valence-electron chi connectivity index (χ1n) is 5.42. The van der Waals surface area contributed by atoms with Crippen molar-refractivity contribution in [2.24, 2.45) is 0 Å². The maximum absolute atomic E-state index is 11.8. The second-order valence-electron chi connectivity index (χ2n) is 3.79. The van der Waals surface area contributed by atoms with E-state index in [1.165, 1.54) is 7.11 Å². The first-order valence-corrected chi connectivity index (χ1v) is 6.83. The molecule has 1 rings (SSSR count). The van der Waals surface area contributed by atoms with E-state index in [2.05, 4.69) is 11.1 Å². The molecule has 0 atom stereocenters. The van der Waals surface area contributed by atoms with E-state index in [9.17, 15) is 8.42 Å². The molecule has 0 unspecified atom stereocenters. The van der Waals surface area contributed by atoms with Crippen LogP contribution in [0.25, 0.3) is 0 Å². The summed E-state index contributed by atoms with van der Waals surface area (Å²) in [6.45, 7) is 3.88. The molecule has 1 aromatic rings. The number of aryl methyl sites for hydroxylation is 2. The fourth-order valence-corrected chi connectivity index (χ4v) is 2.84. The van der Waals surface area contributed by atoms with Gasteiger partial charge in [0.25, 0.3) is 10.1 Å². The van der Waals surface area contributed by atoms with Crippen molar-refractivity contribution >= 4 is 10.1 Å². The van der Waals surface area contributed by atoms with E-state index in [4.69, 9.17) is 0 Å². The SMILES string of the molecule is CCCCc1cccc(C)c1S(=O)(=O)OC. The molecule has 3 nitrogen and oxygen atoms in total. The summed E-state index contributed by atoms with van der Waals surface area (Å²) in [6.07, 6.45) is 2.80. The summed E-state index contributed by atoms with van der Waals surface area (Å²) in [6, 6.07) is 5.53. The Bertz CT molecular complexity index is 449. The van der Waals surface area contributed by atoms with Gasteiger partial charge < -0.3 is 0 Å². The molecule has 0 spiro atoms. The highest BCUT2D eigenvalue weighted by molar-refractivity contribution is 7.86. The second kappa shape index (κ2) is 5.46. The lowest BCUT2D eigenvalue weighted by atomic mass is 10.1. The summed E-state index contributed by atoms with van der Waals surface area (Å²) in [5.41, 5.74) is 1.60. The zero-order chi connectivity index (χ0) is 12.2. The number of benzene rings is 1. The predicted octanol–water partition coefficient (Wildman–Crippen LogP) is 2.67. The summed E-state index contributed by atoms with van der Waals surface area (Å²) in [7, 11) is -2.39. The van der Waals surface area contributed by atoms with Crippen LogP contribution in [0, 0.1) is 6.92 Å². The van der Waals surface area contributed by atoms with E-state index < -0.39 is 10.1 Å². The summed E-state index contributed by atoms with van der Waals surface area (Å²) in [5, 5.41) is 0. The lowest BCUT2D eigenvalue weighted by Gasteiger charge is -2.11. The van der Waals surface area contributed by atoms with Gasteiger partial charge in [-0.25, -0.2) is 0 Å². The number of hydrogen-bond donors (Lipinski definition) is 0. The van der Waals surface area contributed by atoms with Gasteiger partial charge >= 0.3 is 0 Å². The highest BCUT2D eigenvalue weighted by atomic mass is 32.2. The summed E-state index contributed by atoms with van der Waals surface area (Å²) in [4.78, 5) is 0.339. The van der Waals surface area contributed by atoms with Gasteiger partial charge in [-0.2, -0.15) is 8.42 Å². The summed E-state index contributed by atoms with van der Waals surface area (Å²) < 4.78 is 28.2. The van der Waals surface area contributed by atoms with Gasteiger partial charge in [-0.05, 0) is 30.9 Å². The van der Waals surface area contributed by atoms with E-state index in [0.29, 0.717) is 4.90 Å². The molecule has 0 aliphatic rings. The van der Waals surface area contributed by atoms with Crippen LogP contribution in [0.15, 0.2) is 23.1 Å². The molecule has 90 valence electrons. The largest absolute Gasteiger partial charge is 0.297 e. The maximum atomic E-state index is 11.8. The van der Waals surface area contributed by atoms with Crippen molar-refractivity contribution in [1.82, 2.24) is 0 Å².